The Labute approximate surface area is 155 Å². The van der Waals surface area contributed by atoms with E-state index in [1.807, 2.05) is 0 Å². The number of rotatable bonds is 6. The van der Waals surface area contributed by atoms with Gasteiger partial charge in [-0.05, 0) is 26.8 Å². The van der Waals surface area contributed by atoms with Crippen LogP contribution < -0.4 is 5.32 Å². The molecule has 1 N–H and O–H groups in total. The molecule has 0 aliphatic heterocycles. The fraction of sp³-hybridized carbons (Fsp3) is 0.438. The molecule has 142 valence electrons. The van der Waals surface area contributed by atoms with Crippen molar-refractivity contribution in [1.82, 2.24) is 10.2 Å². The molecule has 0 bridgehead atoms. The van der Waals surface area contributed by atoms with Crippen LogP contribution in [0.3, 0.4) is 0 Å². The zero-order chi connectivity index (χ0) is 20.1. The quantitative estimate of drug-likeness (QED) is 0.453. The molecule has 1 aromatic rings. The van der Waals surface area contributed by atoms with E-state index in [4.69, 9.17) is 16.3 Å². The highest BCUT2D eigenvalue weighted by Gasteiger charge is 2.21. The molecule has 0 atom stereocenters. The second-order valence-corrected chi connectivity index (χ2v) is 6.95. The van der Waals surface area contributed by atoms with Gasteiger partial charge in [-0.1, -0.05) is 11.6 Å². The normalized spacial score (nSPS) is 10.8. The largest absolute Gasteiger partial charge is 0.452 e. The summed E-state index contributed by atoms with van der Waals surface area (Å²) in [6.45, 7) is 4.58. The lowest BCUT2D eigenvalue weighted by Crippen LogP contribution is -2.46. The average Bonchev–Trinajstić information content (AvgIpc) is 2.50. The van der Waals surface area contributed by atoms with Crippen molar-refractivity contribution >= 4 is 35.1 Å². The van der Waals surface area contributed by atoms with Gasteiger partial charge in [-0.3, -0.25) is 19.7 Å². The van der Waals surface area contributed by atoms with Crippen molar-refractivity contribution in [3.63, 3.8) is 0 Å². The summed E-state index contributed by atoms with van der Waals surface area (Å²) < 4.78 is 4.84. The van der Waals surface area contributed by atoms with Crippen LogP contribution in [0.25, 0.3) is 0 Å². The van der Waals surface area contributed by atoms with Gasteiger partial charge in [0.1, 0.15) is 0 Å². The summed E-state index contributed by atoms with van der Waals surface area (Å²) in [5.41, 5.74) is -0.989. The molecule has 0 fully saturated rings. The highest BCUT2D eigenvalue weighted by atomic mass is 35.5. The van der Waals surface area contributed by atoms with Gasteiger partial charge in [0.15, 0.2) is 6.61 Å². The molecule has 0 saturated carbocycles. The first-order valence-corrected chi connectivity index (χ1v) is 7.94. The second-order valence-electron chi connectivity index (χ2n) is 6.55. The van der Waals surface area contributed by atoms with Gasteiger partial charge in [0.05, 0.1) is 22.1 Å². The molecule has 10 heteroatoms. The Balaban J connectivity index is 2.64. The Kier molecular flexibility index (Phi) is 7.08. The van der Waals surface area contributed by atoms with Gasteiger partial charge in [-0.2, -0.15) is 0 Å². The number of nitro groups is 1. The molecule has 0 unspecified atom stereocenters. The van der Waals surface area contributed by atoms with Crippen molar-refractivity contribution in [2.24, 2.45) is 0 Å². The molecule has 2 amide bonds. The summed E-state index contributed by atoms with van der Waals surface area (Å²) in [6, 6.07) is 3.31. The third-order valence-corrected chi connectivity index (χ3v) is 3.36. The fourth-order valence-electron chi connectivity index (χ4n) is 1.86. The summed E-state index contributed by atoms with van der Waals surface area (Å²) in [5.74, 6) is -1.94. The Bertz CT molecular complexity index is 729. The monoisotopic (exact) mass is 385 g/mol. The number of nitrogens with zero attached hydrogens (tertiary/aromatic N) is 2. The van der Waals surface area contributed by atoms with E-state index in [0.717, 1.165) is 17.0 Å². The van der Waals surface area contributed by atoms with Crippen molar-refractivity contribution in [3.05, 3.63) is 38.9 Å². The first kappa shape index (κ1) is 21.4. The molecule has 0 aliphatic rings. The van der Waals surface area contributed by atoms with Gasteiger partial charge in [0.25, 0.3) is 11.6 Å². The van der Waals surface area contributed by atoms with E-state index in [1.165, 1.54) is 13.1 Å². The molecule has 0 spiro atoms. The number of carbonyl (C=O) groups is 3. The Morgan fingerprint density at radius 2 is 1.92 bits per heavy atom. The molecule has 0 aliphatic carbocycles. The van der Waals surface area contributed by atoms with Crippen molar-refractivity contribution in [2.45, 2.75) is 26.3 Å². The number of carbonyl (C=O) groups excluding carboxylic acids is 3. The zero-order valence-corrected chi connectivity index (χ0v) is 15.6. The SMILES string of the molecule is CN(CC(=O)NC(C)(C)C)C(=O)COC(=O)c1cc([N+](=O)[O-])ccc1Cl. The smallest absolute Gasteiger partial charge is 0.340 e. The summed E-state index contributed by atoms with van der Waals surface area (Å²) in [7, 11) is 1.39. The van der Waals surface area contributed by atoms with E-state index >= 15 is 0 Å². The zero-order valence-electron chi connectivity index (χ0n) is 14.9. The van der Waals surface area contributed by atoms with Crippen molar-refractivity contribution < 1.29 is 24.0 Å². The number of nitro benzene ring substituents is 1. The van der Waals surface area contributed by atoms with E-state index < -0.39 is 28.9 Å². The van der Waals surface area contributed by atoms with E-state index in [2.05, 4.69) is 5.32 Å². The number of likely N-dealkylation sites (N-methyl/N-ethyl adjacent to an activating group) is 1. The van der Waals surface area contributed by atoms with Crippen molar-refractivity contribution in [3.8, 4) is 0 Å². The third kappa shape index (κ3) is 6.67. The topological polar surface area (TPSA) is 119 Å². The van der Waals surface area contributed by atoms with Crippen LogP contribution in [0.4, 0.5) is 5.69 Å². The van der Waals surface area contributed by atoms with E-state index in [-0.39, 0.29) is 28.7 Å². The highest BCUT2D eigenvalue weighted by molar-refractivity contribution is 6.33. The first-order valence-electron chi connectivity index (χ1n) is 7.57. The molecule has 9 nitrogen and oxygen atoms in total. The number of ether oxygens (including phenoxy) is 1. The average molecular weight is 386 g/mol. The molecule has 0 aromatic heterocycles. The predicted molar refractivity (Wildman–Crippen MR) is 93.9 cm³/mol. The van der Waals surface area contributed by atoms with Gasteiger partial charge in [-0.25, -0.2) is 4.79 Å². The number of amides is 2. The molecular formula is C16H20ClN3O6. The lowest BCUT2D eigenvalue weighted by molar-refractivity contribution is -0.384. The first-order chi connectivity index (χ1) is 11.9. The Morgan fingerprint density at radius 1 is 1.31 bits per heavy atom. The van der Waals surface area contributed by atoms with Crippen LogP contribution in [-0.4, -0.2) is 53.3 Å². The fourth-order valence-corrected chi connectivity index (χ4v) is 2.05. The molecule has 1 aromatic carbocycles. The number of halogens is 1. The second kappa shape index (κ2) is 8.61. The van der Waals surface area contributed by atoms with Crippen LogP contribution in [0.1, 0.15) is 31.1 Å². The Morgan fingerprint density at radius 3 is 2.46 bits per heavy atom. The van der Waals surface area contributed by atoms with Gasteiger partial charge in [0.2, 0.25) is 5.91 Å². The number of nitrogens with one attached hydrogen (secondary N) is 1. The number of non-ortho nitro benzene ring substituents is 1. The summed E-state index contributed by atoms with van der Waals surface area (Å²) in [4.78, 5) is 46.9. The molecular weight excluding hydrogens is 366 g/mol. The Hall–Kier alpha value is -2.68. The molecule has 1 rings (SSSR count). The van der Waals surface area contributed by atoms with Crippen LogP contribution in [0.15, 0.2) is 18.2 Å². The number of esters is 1. The van der Waals surface area contributed by atoms with Crippen LogP contribution in [0.2, 0.25) is 5.02 Å². The third-order valence-electron chi connectivity index (χ3n) is 3.03. The van der Waals surface area contributed by atoms with Crippen LogP contribution >= 0.6 is 11.6 Å². The standard InChI is InChI=1S/C16H20ClN3O6/c1-16(2,3)18-13(21)8-19(4)14(22)9-26-15(23)11-7-10(20(24)25)5-6-12(11)17/h5-7H,8-9H2,1-4H3,(H,18,21). The number of hydrogen-bond donors (Lipinski definition) is 1. The molecule has 0 radical (unpaired) electrons. The maximum atomic E-state index is 12.0. The van der Waals surface area contributed by atoms with E-state index in [1.54, 1.807) is 20.8 Å². The summed E-state index contributed by atoms with van der Waals surface area (Å²) in [5, 5.41) is 13.4. The lowest BCUT2D eigenvalue weighted by atomic mass is 10.1. The predicted octanol–water partition coefficient (Wildman–Crippen LogP) is 1.78. The van der Waals surface area contributed by atoms with Gasteiger partial charge < -0.3 is 15.0 Å². The number of benzene rings is 1. The van der Waals surface area contributed by atoms with Crippen molar-refractivity contribution in [2.75, 3.05) is 20.2 Å². The van der Waals surface area contributed by atoms with E-state index in [9.17, 15) is 24.5 Å². The minimum atomic E-state index is -0.973. The lowest BCUT2D eigenvalue weighted by Gasteiger charge is -2.23. The minimum absolute atomic E-state index is 0.0361. The summed E-state index contributed by atoms with van der Waals surface area (Å²) >= 11 is 5.83. The van der Waals surface area contributed by atoms with Gasteiger partial charge >= 0.3 is 5.97 Å². The maximum Gasteiger partial charge on any atom is 0.340 e. The van der Waals surface area contributed by atoms with Crippen molar-refractivity contribution in [1.29, 1.82) is 0 Å². The van der Waals surface area contributed by atoms with Crippen LogP contribution in [-0.2, 0) is 14.3 Å². The number of hydrogen-bond acceptors (Lipinski definition) is 6. The molecule has 0 heterocycles. The minimum Gasteiger partial charge on any atom is -0.452 e. The van der Waals surface area contributed by atoms with Crippen LogP contribution in [0.5, 0.6) is 0 Å². The highest BCUT2D eigenvalue weighted by Crippen LogP contribution is 2.22. The molecule has 0 saturated heterocycles. The maximum absolute atomic E-state index is 12.0. The molecule has 26 heavy (non-hydrogen) atoms. The van der Waals surface area contributed by atoms with E-state index in [0.29, 0.717) is 0 Å². The van der Waals surface area contributed by atoms with Crippen LogP contribution in [0, 0.1) is 10.1 Å². The van der Waals surface area contributed by atoms with Gasteiger partial charge in [-0.15, -0.1) is 0 Å². The van der Waals surface area contributed by atoms with Gasteiger partial charge in [0, 0.05) is 24.7 Å². The summed E-state index contributed by atoms with van der Waals surface area (Å²) in [6.07, 6.45) is 0.